The van der Waals surface area contributed by atoms with Crippen molar-refractivity contribution in [3.63, 3.8) is 0 Å². The molecule has 0 amide bonds. The molecule has 1 aliphatic heterocycles. The molecule has 1 rings (SSSR count). The highest BCUT2D eigenvalue weighted by Crippen LogP contribution is 2.36. The zero-order valence-corrected chi connectivity index (χ0v) is 9.77. The van der Waals surface area contributed by atoms with Gasteiger partial charge < -0.3 is 4.90 Å². The Morgan fingerprint density at radius 3 is 2.62 bits per heavy atom. The van der Waals surface area contributed by atoms with Crippen LogP contribution >= 0.6 is 0 Å². The number of nitrogens with zero attached hydrogens (tertiary/aromatic N) is 1. The average Bonchev–Trinajstić information content (AvgIpc) is 2.04. The standard InChI is InChI=1S/C12H25N/c1-5-8-13-9-6-7-12(4,10-13)11(2)3/h11H,5-10H2,1-4H3. The summed E-state index contributed by atoms with van der Waals surface area (Å²) in [5.41, 5.74) is 0.577. The molecule has 0 radical (unpaired) electrons. The SMILES string of the molecule is CCCN1CCCC(C)(C(C)C)C1. The van der Waals surface area contributed by atoms with Gasteiger partial charge in [-0.2, -0.15) is 0 Å². The summed E-state index contributed by atoms with van der Waals surface area (Å²) in [7, 11) is 0. The molecule has 0 aromatic carbocycles. The molecule has 1 unspecified atom stereocenters. The maximum atomic E-state index is 2.64. The predicted octanol–water partition coefficient (Wildman–Crippen LogP) is 3.15. The number of hydrogen-bond acceptors (Lipinski definition) is 1. The summed E-state index contributed by atoms with van der Waals surface area (Å²) in [6.07, 6.45) is 4.12. The zero-order chi connectivity index (χ0) is 9.90. The van der Waals surface area contributed by atoms with Crippen molar-refractivity contribution in [1.29, 1.82) is 0 Å². The molecule has 1 atom stereocenters. The van der Waals surface area contributed by atoms with E-state index in [9.17, 15) is 0 Å². The molecule has 0 aliphatic carbocycles. The zero-order valence-electron chi connectivity index (χ0n) is 9.77. The molecule has 1 heterocycles. The number of piperidine rings is 1. The quantitative estimate of drug-likeness (QED) is 0.649. The first kappa shape index (κ1) is 11.0. The summed E-state index contributed by atoms with van der Waals surface area (Å²) in [5, 5.41) is 0. The fourth-order valence-corrected chi connectivity index (χ4v) is 2.35. The molecule has 78 valence electrons. The molecule has 0 N–H and O–H groups in total. The van der Waals surface area contributed by atoms with Crippen LogP contribution in [-0.2, 0) is 0 Å². The Kier molecular flexibility index (Phi) is 3.78. The Hall–Kier alpha value is -0.0400. The van der Waals surface area contributed by atoms with Crippen molar-refractivity contribution in [2.24, 2.45) is 11.3 Å². The van der Waals surface area contributed by atoms with Crippen molar-refractivity contribution >= 4 is 0 Å². The van der Waals surface area contributed by atoms with E-state index in [0.717, 1.165) is 5.92 Å². The molecule has 0 aromatic rings. The minimum Gasteiger partial charge on any atom is -0.303 e. The van der Waals surface area contributed by atoms with Crippen molar-refractivity contribution in [2.75, 3.05) is 19.6 Å². The molecule has 0 aromatic heterocycles. The van der Waals surface area contributed by atoms with E-state index < -0.39 is 0 Å². The van der Waals surface area contributed by atoms with Crippen LogP contribution in [0.25, 0.3) is 0 Å². The minimum atomic E-state index is 0.577. The monoisotopic (exact) mass is 183 g/mol. The summed E-state index contributed by atoms with van der Waals surface area (Å²) in [4.78, 5) is 2.64. The van der Waals surface area contributed by atoms with Gasteiger partial charge in [-0.25, -0.2) is 0 Å². The van der Waals surface area contributed by atoms with Crippen molar-refractivity contribution in [2.45, 2.75) is 47.0 Å². The molecule has 1 heteroatoms. The molecule has 13 heavy (non-hydrogen) atoms. The van der Waals surface area contributed by atoms with Crippen LogP contribution in [0.1, 0.15) is 47.0 Å². The van der Waals surface area contributed by atoms with Crippen molar-refractivity contribution < 1.29 is 0 Å². The lowest BCUT2D eigenvalue weighted by Gasteiger charge is -2.43. The Labute approximate surface area is 83.5 Å². The van der Waals surface area contributed by atoms with Gasteiger partial charge in [0.1, 0.15) is 0 Å². The largest absolute Gasteiger partial charge is 0.303 e. The summed E-state index contributed by atoms with van der Waals surface area (Å²) < 4.78 is 0. The average molecular weight is 183 g/mol. The molecular weight excluding hydrogens is 158 g/mol. The smallest absolute Gasteiger partial charge is 0.00378 e. The van der Waals surface area contributed by atoms with Crippen LogP contribution in [0.5, 0.6) is 0 Å². The third kappa shape index (κ3) is 2.70. The normalized spacial score (nSPS) is 31.2. The first-order chi connectivity index (χ1) is 6.08. The maximum Gasteiger partial charge on any atom is 0.00378 e. The minimum absolute atomic E-state index is 0.577. The summed E-state index contributed by atoms with van der Waals surface area (Å²) in [6, 6.07) is 0. The van der Waals surface area contributed by atoms with Crippen LogP contribution in [0.15, 0.2) is 0 Å². The third-order valence-corrected chi connectivity index (χ3v) is 3.74. The topological polar surface area (TPSA) is 3.24 Å². The summed E-state index contributed by atoms with van der Waals surface area (Å²) >= 11 is 0. The van der Waals surface area contributed by atoms with Crippen molar-refractivity contribution in [1.82, 2.24) is 4.90 Å². The Balaban J connectivity index is 2.49. The highest BCUT2D eigenvalue weighted by Gasteiger charge is 2.33. The molecule has 0 saturated carbocycles. The fraction of sp³-hybridized carbons (Fsp3) is 1.00. The molecule has 1 fully saturated rings. The van der Waals surface area contributed by atoms with Gasteiger partial charge in [0.25, 0.3) is 0 Å². The van der Waals surface area contributed by atoms with Crippen LogP contribution in [-0.4, -0.2) is 24.5 Å². The van der Waals surface area contributed by atoms with Gasteiger partial charge in [0.2, 0.25) is 0 Å². The third-order valence-electron chi connectivity index (χ3n) is 3.74. The second-order valence-electron chi connectivity index (χ2n) is 5.19. The van der Waals surface area contributed by atoms with E-state index >= 15 is 0 Å². The van der Waals surface area contributed by atoms with Crippen molar-refractivity contribution in [3.05, 3.63) is 0 Å². The van der Waals surface area contributed by atoms with Crippen LogP contribution < -0.4 is 0 Å². The van der Waals surface area contributed by atoms with Gasteiger partial charge in [-0.3, -0.25) is 0 Å². The predicted molar refractivity (Wildman–Crippen MR) is 58.9 cm³/mol. The second kappa shape index (κ2) is 4.45. The van der Waals surface area contributed by atoms with E-state index in [1.807, 2.05) is 0 Å². The van der Waals surface area contributed by atoms with Gasteiger partial charge in [-0.15, -0.1) is 0 Å². The molecule has 1 saturated heterocycles. The summed E-state index contributed by atoms with van der Waals surface area (Å²) in [6.45, 7) is 13.4. The summed E-state index contributed by atoms with van der Waals surface area (Å²) in [5.74, 6) is 0.826. The Morgan fingerprint density at radius 2 is 2.08 bits per heavy atom. The lowest BCUT2D eigenvalue weighted by Crippen LogP contribution is -2.44. The highest BCUT2D eigenvalue weighted by atomic mass is 15.1. The van der Waals surface area contributed by atoms with E-state index in [-0.39, 0.29) is 0 Å². The maximum absolute atomic E-state index is 2.64. The van der Waals surface area contributed by atoms with Gasteiger partial charge in [-0.1, -0.05) is 27.7 Å². The van der Waals surface area contributed by atoms with Crippen LogP contribution in [0.3, 0.4) is 0 Å². The Bertz CT molecular complexity index is 151. The van der Waals surface area contributed by atoms with E-state index in [4.69, 9.17) is 0 Å². The number of rotatable bonds is 3. The Morgan fingerprint density at radius 1 is 1.38 bits per heavy atom. The lowest BCUT2D eigenvalue weighted by molar-refractivity contribution is 0.0637. The van der Waals surface area contributed by atoms with Crippen LogP contribution in [0, 0.1) is 11.3 Å². The van der Waals surface area contributed by atoms with E-state index in [2.05, 4.69) is 32.6 Å². The van der Waals surface area contributed by atoms with Gasteiger partial charge >= 0.3 is 0 Å². The van der Waals surface area contributed by atoms with E-state index in [1.54, 1.807) is 0 Å². The molecule has 1 nitrogen and oxygen atoms in total. The van der Waals surface area contributed by atoms with Gasteiger partial charge in [0, 0.05) is 6.54 Å². The van der Waals surface area contributed by atoms with E-state index in [1.165, 1.54) is 38.9 Å². The van der Waals surface area contributed by atoms with Gasteiger partial charge in [0.05, 0.1) is 0 Å². The van der Waals surface area contributed by atoms with Crippen LogP contribution in [0.4, 0.5) is 0 Å². The molecule has 0 spiro atoms. The molecular formula is C12H25N. The second-order valence-corrected chi connectivity index (χ2v) is 5.19. The van der Waals surface area contributed by atoms with E-state index in [0.29, 0.717) is 5.41 Å². The molecule has 1 aliphatic rings. The lowest BCUT2D eigenvalue weighted by atomic mass is 9.73. The first-order valence-corrected chi connectivity index (χ1v) is 5.81. The van der Waals surface area contributed by atoms with Crippen molar-refractivity contribution in [3.8, 4) is 0 Å². The highest BCUT2D eigenvalue weighted by molar-refractivity contribution is 4.85. The van der Waals surface area contributed by atoms with Gasteiger partial charge in [-0.05, 0) is 43.7 Å². The molecule has 0 bridgehead atoms. The first-order valence-electron chi connectivity index (χ1n) is 5.81. The van der Waals surface area contributed by atoms with Gasteiger partial charge in [0.15, 0.2) is 0 Å². The number of hydrogen-bond donors (Lipinski definition) is 0. The van der Waals surface area contributed by atoms with Crippen LogP contribution in [0.2, 0.25) is 0 Å². The number of likely N-dealkylation sites (tertiary alicyclic amines) is 1. The fourth-order valence-electron chi connectivity index (χ4n) is 2.35.